The number of carbonyl (C=O) groups excluding carboxylic acids is 2. The average molecular weight is 464 g/mol. The van der Waals surface area contributed by atoms with E-state index >= 15 is 0 Å². The van der Waals surface area contributed by atoms with Crippen LogP contribution in [0.25, 0.3) is 0 Å². The van der Waals surface area contributed by atoms with Gasteiger partial charge in [-0.3, -0.25) is 14.5 Å². The molecule has 0 saturated carbocycles. The average Bonchev–Trinajstić information content (AvgIpc) is 2.83. The third kappa shape index (κ3) is 5.79. The maximum absolute atomic E-state index is 13.2. The van der Waals surface area contributed by atoms with Gasteiger partial charge >= 0.3 is 0 Å². The number of anilines is 1. The molecule has 0 aliphatic carbocycles. The Hall–Kier alpha value is -2.86. The highest BCUT2D eigenvalue weighted by atomic mass is 16.5. The molecule has 182 valence electrons. The summed E-state index contributed by atoms with van der Waals surface area (Å²) in [6.45, 7) is 6.88. The van der Waals surface area contributed by atoms with Gasteiger partial charge in [0.15, 0.2) is 0 Å². The first-order valence-corrected chi connectivity index (χ1v) is 12.5. The minimum atomic E-state index is -0.349. The summed E-state index contributed by atoms with van der Waals surface area (Å²) in [4.78, 5) is 28.1. The number of para-hydroxylation sites is 2. The SMILES string of the molecule is Cc1cccc(C)c1NC(=O)CN1CCC2(CCCCc3ccccc3OCCNC2=O)CC1. The number of piperidine rings is 1. The van der Waals surface area contributed by atoms with Crippen molar-refractivity contribution in [2.45, 2.75) is 52.4 Å². The van der Waals surface area contributed by atoms with Crippen molar-refractivity contribution in [1.29, 1.82) is 0 Å². The first-order chi connectivity index (χ1) is 16.5. The van der Waals surface area contributed by atoms with Crippen molar-refractivity contribution in [2.75, 3.05) is 38.1 Å². The van der Waals surface area contributed by atoms with Gasteiger partial charge in [-0.1, -0.05) is 42.8 Å². The predicted molar refractivity (Wildman–Crippen MR) is 135 cm³/mol. The number of nitrogens with zero attached hydrogens (tertiary/aromatic N) is 1. The molecule has 34 heavy (non-hydrogen) atoms. The fourth-order valence-electron chi connectivity index (χ4n) is 5.27. The molecule has 2 heterocycles. The number of fused-ring (bicyclic) bond motifs is 1. The van der Waals surface area contributed by atoms with Gasteiger partial charge in [0.05, 0.1) is 18.5 Å². The van der Waals surface area contributed by atoms with Gasteiger partial charge in [0.25, 0.3) is 0 Å². The first kappa shape index (κ1) is 24.3. The van der Waals surface area contributed by atoms with Crippen LogP contribution < -0.4 is 15.4 Å². The number of amides is 2. The van der Waals surface area contributed by atoms with E-state index in [0.717, 1.165) is 74.2 Å². The molecule has 1 fully saturated rings. The zero-order chi connectivity index (χ0) is 24.0. The molecule has 0 bridgehead atoms. The highest BCUT2D eigenvalue weighted by Gasteiger charge is 2.41. The summed E-state index contributed by atoms with van der Waals surface area (Å²) in [7, 11) is 0. The van der Waals surface area contributed by atoms with Crippen LogP contribution in [0.15, 0.2) is 42.5 Å². The van der Waals surface area contributed by atoms with Crippen molar-refractivity contribution >= 4 is 17.5 Å². The molecule has 1 saturated heterocycles. The molecule has 0 aromatic heterocycles. The second-order valence-electron chi connectivity index (χ2n) is 9.79. The maximum atomic E-state index is 13.2. The number of nitrogens with one attached hydrogen (secondary N) is 2. The van der Waals surface area contributed by atoms with Crippen molar-refractivity contribution in [2.24, 2.45) is 5.41 Å². The number of carbonyl (C=O) groups is 2. The van der Waals surface area contributed by atoms with Gasteiger partial charge in [-0.05, 0) is 81.8 Å². The van der Waals surface area contributed by atoms with Crippen LogP contribution in [-0.2, 0) is 16.0 Å². The van der Waals surface area contributed by atoms with E-state index < -0.39 is 0 Å². The van der Waals surface area contributed by atoms with Crippen LogP contribution in [0.4, 0.5) is 5.69 Å². The lowest BCUT2D eigenvalue weighted by Crippen LogP contribution is -2.50. The van der Waals surface area contributed by atoms with Crippen LogP contribution in [0, 0.1) is 19.3 Å². The smallest absolute Gasteiger partial charge is 0.238 e. The molecule has 2 amide bonds. The van der Waals surface area contributed by atoms with Crippen molar-refractivity contribution in [1.82, 2.24) is 10.2 Å². The summed E-state index contributed by atoms with van der Waals surface area (Å²) in [5.74, 6) is 1.08. The fraction of sp³-hybridized carbons (Fsp3) is 0.500. The van der Waals surface area contributed by atoms with E-state index in [-0.39, 0.29) is 17.2 Å². The van der Waals surface area contributed by atoms with E-state index in [9.17, 15) is 9.59 Å². The number of hydrogen-bond acceptors (Lipinski definition) is 4. The molecule has 1 spiro atoms. The van der Waals surface area contributed by atoms with Crippen LogP contribution in [-0.4, -0.2) is 49.5 Å². The molecule has 0 unspecified atom stereocenters. The maximum Gasteiger partial charge on any atom is 0.238 e. The van der Waals surface area contributed by atoms with Crippen LogP contribution in [0.2, 0.25) is 0 Å². The minimum absolute atomic E-state index is 0.00677. The van der Waals surface area contributed by atoms with Gasteiger partial charge < -0.3 is 15.4 Å². The van der Waals surface area contributed by atoms with Crippen LogP contribution >= 0.6 is 0 Å². The Bertz CT molecular complexity index is 991. The molecular weight excluding hydrogens is 426 g/mol. The highest BCUT2D eigenvalue weighted by molar-refractivity contribution is 5.93. The summed E-state index contributed by atoms with van der Waals surface area (Å²) in [6.07, 6.45) is 5.48. The number of likely N-dealkylation sites (tertiary alicyclic amines) is 1. The Labute approximate surface area is 203 Å². The van der Waals surface area contributed by atoms with E-state index in [1.165, 1.54) is 5.56 Å². The van der Waals surface area contributed by atoms with Gasteiger partial charge in [0.2, 0.25) is 11.8 Å². The Morgan fingerprint density at radius 2 is 1.76 bits per heavy atom. The largest absolute Gasteiger partial charge is 0.491 e. The molecule has 0 atom stereocenters. The minimum Gasteiger partial charge on any atom is -0.491 e. The molecule has 2 aliphatic rings. The summed E-state index contributed by atoms with van der Waals surface area (Å²) < 4.78 is 5.94. The molecule has 4 rings (SSSR count). The lowest BCUT2D eigenvalue weighted by atomic mass is 9.73. The molecule has 2 aliphatic heterocycles. The Balaban J connectivity index is 1.34. The number of benzene rings is 2. The van der Waals surface area contributed by atoms with Gasteiger partial charge in [-0.25, -0.2) is 0 Å². The third-order valence-corrected chi connectivity index (χ3v) is 7.38. The number of ether oxygens (including phenoxy) is 1. The number of hydrogen-bond donors (Lipinski definition) is 2. The summed E-state index contributed by atoms with van der Waals surface area (Å²) >= 11 is 0. The van der Waals surface area contributed by atoms with Gasteiger partial charge in [-0.15, -0.1) is 0 Å². The predicted octanol–water partition coefficient (Wildman–Crippen LogP) is 4.25. The Morgan fingerprint density at radius 3 is 2.53 bits per heavy atom. The summed E-state index contributed by atoms with van der Waals surface area (Å²) in [5.41, 5.74) is 3.94. The molecule has 0 radical (unpaired) electrons. The Kier molecular flexibility index (Phi) is 7.88. The standard InChI is InChI=1S/C28H37N3O3/c1-21-8-7-9-22(2)26(21)30-25(32)20-31-17-14-28(15-18-31)13-6-5-11-23-10-3-4-12-24(23)34-19-16-29-27(28)33/h3-4,7-10,12H,5-6,11,13-20H2,1-2H3,(H,29,33)(H,30,32). The second-order valence-corrected chi connectivity index (χ2v) is 9.79. The zero-order valence-corrected chi connectivity index (χ0v) is 20.5. The normalized spacial score (nSPS) is 19.2. The first-order valence-electron chi connectivity index (χ1n) is 12.5. The molecule has 6 nitrogen and oxygen atoms in total. The monoisotopic (exact) mass is 463 g/mol. The molecular formula is C28H37N3O3. The van der Waals surface area contributed by atoms with E-state index in [4.69, 9.17) is 4.74 Å². The van der Waals surface area contributed by atoms with Crippen LogP contribution in [0.3, 0.4) is 0 Å². The quantitative estimate of drug-likeness (QED) is 0.714. The fourth-order valence-corrected chi connectivity index (χ4v) is 5.27. The molecule has 6 heteroatoms. The van der Waals surface area contributed by atoms with E-state index in [0.29, 0.717) is 19.7 Å². The lowest BCUT2D eigenvalue weighted by molar-refractivity contribution is -0.135. The van der Waals surface area contributed by atoms with Crippen molar-refractivity contribution in [3.05, 3.63) is 59.2 Å². The number of aryl methyl sites for hydroxylation is 3. The second kappa shape index (κ2) is 11.0. The van der Waals surface area contributed by atoms with E-state index in [1.807, 2.05) is 44.2 Å². The molecule has 2 aromatic carbocycles. The van der Waals surface area contributed by atoms with E-state index in [2.05, 4.69) is 27.7 Å². The van der Waals surface area contributed by atoms with Crippen molar-refractivity contribution in [3.8, 4) is 5.75 Å². The van der Waals surface area contributed by atoms with Crippen molar-refractivity contribution in [3.63, 3.8) is 0 Å². The number of rotatable bonds is 3. The Morgan fingerprint density at radius 1 is 1.03 bits per heavy atom. The van der Waals surface area contributed by atoms with E-state index in [1.54, 1.807) is 0 Å². The highest BCUT2D eigenvalue weighted by Crippen LogP contribution is 2.37. The van der Waals surface area contributed by atoms with Crippen LogP contribution in [0.5, 0.6) is 5.75 Å². The topological polar surface area (TPSA) is 70.7 Å². The third-order valence-electron chi connectivity index (χ3n) is 7.38. The lowest BCUT2D eigenvalue weighted by Gasteiger charge is -2.40. The van der Waals surface area contributed by atoms with Gasteiger partial charge in [-0.2, -0.15) is 0 Å². The van der Waals surface area contributed by atoms with Gasteiger partial charge in [0.1, 0.15) is 12.4 Å². The molecule has 2 aromatic rings. The van der Waals surface area contributed by atoms with Crippen molar-refractivity contribution < 1.29 is 14.3 Å². The van der Waals surface area contributed by atoms with Crippen LogP contribution in [0.1, 0.15) is 48.8 Å². The van der Waals surface area contributed by atoms with Gasteiger partial charge in [0, 0.05) is 5.69 Å². The zero-order valence-electron chi connectivity index (χ0n) is 20.5. The molecule has 2 N–H and O–H groups in total. The summed E-state index contributed by atoms with van der Waals surface area (Å²) in [5, 5.41) is 6.22. The summed E-state index contributed by atoms with van der Waals surface area (Å²) in [6, 6.07) is 14.2.